The van der Waals surface area contributed by atoms with Crippen molar-refractivity contribution in [2.75, 3.05) is 13.7 Å². The second-order valence-electron chi connectivity index (χ2n) is 6.12. The van der Waals surface area contributed by atoms with Gasteiger partial charge in [0.05, 0.1) is 34.1 Å². The highest BCUT2D eigenvalue weighted by Gasteiger charge is 2.17. The summed E-state index contributed by atoms with van der Waals surface area (Å²) in [6.07, 6.45) is 0. The zero-order valence-corrected chi connectivity index (χ0v) is 17.6. The summed E-state index contributed by atoms with van der Waals surface area (Å²) in [4.78, 5) is 17.0. The average molecular weight is 439 g/mol. The number of ether oxygens (including phenoxy) is 1. The highest BCUT2D eigenvalue weighted by Crippen LogP contribution is 2.27. The number of rotatable bonds is 7. The summed E-state index contributed by atoms with van der Waals surface area (Å²) < 4.78 is 46.8. The van der Waals surface area contributed by atoms with Crippen LogP contribution in [0.5, 0.6) is 5.75 Å². The Morgan fingerprint density at radius 2 is 2.00 bits per heavy atom. The molecule has 0 fully saturated rings. The summed E-state index contributed by atoms with van der Waals surface area (Å²) in [6, 6.07) is 6.34. The van der Waals surface area contributed by atoms with Gasteiger partial charge in [0.2, 0.25) is 10.0 Å². The van der Waals surface area contributed by atoms with E-state index in [4.69, 9.17) is 4.74 Å². The Morgan fingerprint density at radius 1 is 1.24 bits per heavy atom. The van der Waals surface area contributed by atoms with E-state index in [0.29, 0.717) is 5.69 Å². The van der Waals surface area contributed by atoms with Crippen LogP contribution in [-0.4, -0.2) is 36.8 Å². The van der Waals surface area contributed by atoms with Gasteiger partial charge in [-0.15, -0.1) is 11.3 Å². The molecule has 0 saturated heterocycles. The van der Waals surface area contributed by atoms with Crippen LogP contribution in [0.2, 0.25) is 0 Å². The molecule has 0 saturated carbocycles. The zero-order chi connectivity index (χ0) is 21.2. The standard InChI is InChI=1S/C18H19FN4O4S2/c1-11-18(28-12(2)21-11)15-5-7-17(24)23(22-15)9-8-20-29(25,26)13-4-6-16(27-3)14(19)10-13/h4-7,10,20H,8-9H2,1-3H3. The van der Waals surface area contributed by atoms with Crippen LogP contribution in [0.25, 0.3) is 10.6 Å². The van der Waals surface area contributed by atoms with E-state index >= 15 is 0 Å². The van der Waals surface area contributed by atoms with Crippen LogP contribution < -0.4 is 15.0 Å². The lowest BCUT2D eigenvalue weighted by atomic mass is 10.3. The molecule has 2 heterocycles. The van der Waals surface area contributed by atoms with Crippen LogP contribution in [0.3, 0.4) is 0 Å². The topological polar surface area (TPSA) is 103 Å². The van der Waals surface area contributed by atoms with Crippen molar-refractivity contribution in [1.82, 2.24) is 19.5 Å². The maximum absolute atomic E-state index is 13.8. The number of nitrogens with zero attached hydrogens (tertiary/aromatic N) is 3. The Morgan fingerprint density at radius 3 is 2.62 bits per heavy atom. The second-order valence-corrected chi connectivity index (χ2v) is 9.09. The lowest BCUT2D eigenvalue weighted by Gasteiger charge is -2.10. The smallest absolute Gasteiger partial charge is 0.266 e. The number of hydrogen-bond acceptors (Lipinski definition) is 7. The van der Waals surface area contributed by atoms with Crippen molar-refractivity contribution < 1.29 is 17.5 Å². The molecule has 8 nitrogen and oxygen atoms in total. The first-order valence-electron chi connectivity index (χ1n) is 8.57. The van der Waals surface area contributed by atoms with Crippen LogP contribution in [0, 0.1) is 19.7 Å². The average Bonchev–Trinajstić information content (AvgIpc) is 3.01. The van der Waals surface area contributed by atoms with Crippen molar-refractivity contribution in [3.63, 3.8) is 0 Å². The second kappa shape index (κ2) is 8.39. The molecule has 2 aromatic heterocycles. The van der Waals surface area contributed by atoms with Gasteiger partial charge in [-0.3, -0.25) is 4.79 Å². The highest BCUT2D eigenvalue weighted by atomic mass is 32.2. The Bertz CT molecular complexity index is 1200. The van der Waals surface area contributed by atoms with Crippen molar-refractivity contribution in [3.05, 3.63) is 57.2 Å². The molecule has 3 rings (SSSR count). The first-order valence-corrected chi connectivity index (χ1v) is 10.9. The summed E-state index contributed by atoms with van der Waals surface area (Å²) in [5.41, 5.74) is 1.04. The molecule has 29 heavy (non-hydrogen) atoms. The summed E-state index contributed by atoms with van der Waals surface area (Å²) in [5, 5.41) is 5.19. The number of aromatic nitrogens is 3. The largest absolute Gasteiger partial charge is 0.494 e. The van der Waals surface area contributed by atoms with Gasteiger partial charge in [0.25, 0.3) is 5.56 Å². The molecule has 0 bridgehead atoms. The third kappa shape index (κ3) is 4.69. The van der Waals surface area contributed by atoms with E-state index in [1.54, 1.807) is 6.07 Å². The fourth-order valence-electron chi connectivity index (χ4n) is 2.68. The molecule has 1 aromatic carbocycles. The molecule has 0 aliphatic carbocycles. The zero-order valence-electron chi connectivity index (χ0n) is 16.0. The SMILES string of the molecule is COc1ccc(S(=O)(=O)NCCn2nc(-c3sc(C)nc3C)ccc2=O)cc1F. The molecule has 0 radical (unpaired) electrons. The molecule has 1 N–H and O–H groups in total. The van der Waals surface area contributed by atoms with Gasteiger partial charge in [-0.2, -0.15) is 5.10 Å². The summed E-state index contributed by atoms with van der Waals surface area (Å²) in [6.45, 7) is 3.67. The molecule has 11 heteroatoms. The molecule has 0 aliphatic heterocycles. The van der Waals surface area contributed by atoms with Crippen molar-refractivity contribution in [2.45, 2.75) is 25.3 Å². The number of benzene rings is 1. The molecule has 0 amide bonds. The van der Waals surface area contributed by atoms with E-state index in [0.717, 1.165) is 21.6 Å². The van der Waals surface area contributed by atoms with Crippen LogP contribution in [0.15, 0.2) is 40.0 Å². The van der Waals surface area contributed by atoms with Gasteiger partial charge in [-0.05, 0) is 38.1 Å². The van der Waals surface area contributed by atoms with Crippen molar-refractivity contribution in [2.24, 2.45) is 0 Å². The Kier molecular flexibility index (Phi) is 6.10. The summed E-state index contributed by atoms with van der Waals surface area (Å²) in [5.74, 6) is -0.832. The first-order chi connectivity index (χ1) is 13.7. The number of hydrogen-bond donors (Lipinski definition) is 1. The third-order valence-electron chi connectivity index (χ3n) is 4.05. The van der Waals surface area contributed by atoms with Crippen LogP contribution in [0.4, 0.5) is 4.39 Å². The monoisotopic (exact) mass is 438 g/mol. The van der Waals surface area contributed by atoms with Gasteiger partial charge in [-0.1, -0.05) is 0 Å². The normalized spacial score (nSPS) is 11.6. The Labute approximate surface area is 171 Å². The van der Waals surface area contributed by atoms with E-state index in [9.17, 15) is 17.6 Å². The summed E-state index contributed by atoms with van der Waals surface area (Å²) in [7, 11) is -2.66. The van der Waals surface area contributed by atoms with Crippen LogP contribution in [-0.2, 0) is 16.6 Å². The molecular weight excluding hydrogens is 419 g/mol. The van der Waals surface area contributed by atoms with E-state index in [1.807, 2.05) is 13.8 Å². The fourth-order valence-corrected chi connectivity index (χ4v) is 4.60. The predicted molar refractivity (Wildman–Crippen MR) is 107 cm³/mol. The van der Waals surface area contributed by atoms with Crippen LogP contribution >= 0.6 is 11.3 Å². The molecule has 0 atom stereocenters. The summed E-state index contributed by atoms with van der Waals surface area (Å²) >= 11 is 1.47. The lowest BCUT2D eigenvalue weighted by molar-refractivity contribution is 0.385. The Hall–Kier alpha value is -2.63. The van der Waals surface area contributed by atoms with Gasteiger partial charge in [0.15, 0.2) is 11.6 Å². The molecule has 0 unspecified atom stereocenters. The lowest BCUT2D eigenvalue weighted by Crippen LogP contribution is -2.32. The maximum atomic E-state index is 13.8. The number of sulfonamides is 1. The fraction of sp³-hybridized carbons (Fsp3) is 0.278. The van der Waals surface area contributed by atoms with Crippen molar-refractivity contribution in [3.8, 4) is 16.3 Å². The van der Waals surface area contributed by atoms with Gasteiger partial charge in [0, 0.05) is 12.6 Å². The molecule has 3 aromatic rings. The minimum atomic E-state index is -3.95. The maximum Gasteiger partial charge on any atom is 0.266 e. The third-order valence-corrected chi connectivity index (χ3v) is 6.61. The minimum absolute atomic E-state index is 0.0153. The van der Waals surface area contributed by atoms with E-state index < -0.39 is 15.8 Å². The number of aryl methyl sites for hydroxylation is 2. The van der Waals surface area contributed by atoms with E-state index in [1.165, 1.54) is 41.3 Å². The number of methoxy groups -OCH3 is 1. The Balaban J connectivity index is 1.74. The van der Waals surface area contributed by atoms with Gasteiger partial charge < -0.3 is 4.74 Å². The molecule has 0 spiro atoms. The molecule has 154 valence electrons. The van der Waals surface area contributed by atoms with Crippen LogP contribution in [0.1, 0.15) is 10.7 Å². The minimum Gasteiger partial charge on any atom is -0.494 e. The number of nitrogens with one attached hydrogen (secondary N) is 1. The highest BCUT2D eigenvalue weighted by molar-refractivity contribution is 7.89. The van der Waals surface area contributed by atoms with Gasteiger partial charge in [-0.25, -0.2) is 27.2 Å². The number of halogens is 1. The van der Waals surface area contributed by atoms with E-state index in [2.05, 4.69) is 14.8 Å². The number of thiazole rings is 1. The van der Waals surface area contributed by atoms with E-state index in [-0.39, 0.29) is 29.3 Å². The first kappa shape index (κ1) is 21.1. The van der Waals surface area contributed by atoms with Crippen molar-refractivity contribution in [1.29, 1.82) is 0 Å². The molecule has 0 aliphatic rings. The molecular formula is C18H19FN4O4S2. The van der Waals surface area contributed by atoms with Gasteiger partial charge in [0.1, 0.15) is 5.69 Å². The predicted octanol–water partition coefficient (Wildman–Crippen LogP) is 2.11. The van der Waals surface area contributed by atoms with Crippen molar-refractivity contribution >= 4 is 21.4 Å². The quantitative estimate of drug-likeness (QED) is 0.606. The van der Waals surface area contributed by atoms with Gasteiger partial charge >= 0.3 is 0 Å².